The molecule has 2 aromatic rings. The largest absolute Gasteiger partial charge is 0.481 e. The number of carboxylic acid groups (broad SMARTS) is 1. The lowest BCUT2D eigenvalue weighted by Gasteiger charge is -1.95. The van der Waals surface area contributed by atoms with Gasteiger partial charge in [0.05, 0.1) is 12.1 Å². The van der Waals surface area contributed by atoms with Crippen LogP contribution in [-0.4, -0.2) is 16.1 Å². The van der Waals surface area contributed by atoms with Crippen LogP contribution in [0, 0.1) is 0 Å². The van der Waals surface area contributed by atoms with Gasteiger partial charge < -0.3 is 5.11 Å². The van der Waals surface area contributed by atoms with Gasteiger partial charge in [-0.1, -0.05) is 23.7 Å². The van der Waals surface area contributed by atoms with E-state index >= 15 is 0 Å². The van der Waals surface area contributed by atoms with Crippen molar-refractivity contribution < 1.29 is 9.90 Å². The average molecular weight is 256 g/mol. The zero-order chi connectivity index (χ0) is 11.5. The lowest BCUT2D eigenvalue weighted by molar-refractivity contribution is -0.136. The topological polar surface area (TPSA) is 50.2 Å². The number of carbonyl (C=O) groups is 1. The number of hydrogen-bond acceptors (Lipinski definition) is 3. The summed E-state index contributed by atoms with van der Waals surface area (Å²) in [7, 11) is 0. The summed E-state index contributed by atoms with van der Waals surface area (Å²) in [5.74, 6) is -0.868. The van der Waals surface area contributed by atoms with Crippen LogP contribution >= 0.6 is 22.9 Å². The van der Waals surface area contributed by atoms with E-state index in [-0.39, 0.29) is 6.42 Å². The highest BCUT2D eigenvalue weighted by molar-refractivity contribution is 7.13. The molecule has 0 aliphatic carbocycles. The van der Waals surface area contributed by atoms with Gasteiger partial charge in [0.15, 0.2) is 0 Å². The highest BCUT2D eigenvalue weighted by Gasteiger charge is 2.07. The van der Waals surface area contributed by atoms with Crippen molar-refractivity contribution in [2.45, 2.75) is 6.42 Å². The number of carboxylic acids is 1. The second-order valence-electron chi connectivity index (χ2n) is 3.22. The van der Waals surface area contributed by atoms with Crippen molar-refractivity contribution in [2.24, 2.45) is 0 Å². The summed E-state index contributed by atoms with van der Waals surface area (Å²) in [5, 5.41) is 11.9. The fourth-order valence-electron chi connectivity index (χ4n) is 1.27. The summed E-state index contributed by atoms with van der Waals surface area (Å²) in [5.41, 5.74) is 1.54. The van der Waals surface area contributed by atoms with Crippen LogP contribution in [0.2, 0.25) is 5.02 Å². The van der Waals surface area contributed by atoms with Crippen LogP contribution in [-0.2, 0) is 11.2 Å². The molecule has 82 valence electrons. The maximum atomic E-state index is 10.5. The monoisotopic (exact) mass is 255 g/mol. The van der Waals surface area contributed by atoms with Crippen molar-refractivity contribution in [3.63, 3.8) is 0 Å². The Balaban J connectivity index is 2.24. The lowest BCUT2D eigenvalue weighted by atomic mass is 10.3. The number of aliphatic carboxylic acids is 1. The summed E-state index contributed by atoms with van der Waals surface area (Å²) in [6, 6.07) is 7.31. The standard InChI is InChI=1S/C11H8ClNO2S/c12-8-3-1-7(2-4-8)11-13-9(6-16-11)5-10(14)15/h1-4,6H,5H2,(H,14,15)/i11+2. The van der Waals surface area contributed by atoms with Crippen LogP contribution in [0.1, 0.15) is 5.69 Å². The van der Waals surface area contributed by atoms with Crippen molar-refractivity contribution in [2.75, 3.05) is 0 Å². The first-order valence-electron chi connectivity index (χ1n) is 4.57. The molecule has 0 aliphatic heterocycles. The quantitative estimate of drug-likeness (QED) is 0.917. The molecule has 1 heterocycles. The van der Waals surface area contributed by atoms with Gasteiger partial charge >= 0.3 is 5.97 Å². The Labute approximate surface area is 101 Å². The summed E-state index contributed by atoms with van der Waals surface area (Å²) >= 11 is 7.21. The van der Waals surface area contributed by atoms with Gasteiger partial charge in [-0.15, -0.1) is 11.3 Å². The van der Waals surface area contributed by atoms with Crippen molar-refractivity contribution in [1.29, 1.82) is 0 Å². The second kappa shape index (κ2) is 4.63. The van der Waals surface area contributed by atoms with Gasteiger partial charge in [0.25, 0.3) is 0 Å². The smallest absolute Gasteiger partial charge is 0.309 e. The molecule has 1 aromatic carbocycles. The summed E-state index contributed by atoms with van der Waals surface area (Å²) in [6.07, 6.45) is -0.0376. The maximum Gasteiger partial charge on any atom is 0.309 e. The maximum absolute atomic E-state index is 10.5. The van der Waals surface area contributed by atoms with E-state index in [1.165, 1.54) is 11.3 Å². The Kier molecular flexibility index (Phi) is 3.22. The minimum absolute atomic E-state index is 0.0376. The highest BCUT2D eigenvalue weighted by Crippen LogP contribution is 2.25. The van der Waals surface area contributed by atoms with Gasteiger partial charge in [0, 0.05) is 16.0 Å². The van der Waals surface area contributed by atoms with Gasteiger partial charge in [0.1, 0.15) is 5.01 Å². The summed E-state index contributed by atoms with van der Waals surface area (Å²) < 4.78 is 0. The van der Waals surface area contributed by atoms with E-state index in [9.17, 15) is 4.79 Å². The first kappa shape index (κ1) is 11.1. The number of nitrogens with zero attached hydrogens (tertiary/aromatic N) is 1. The van der Waals surface area contributed by atoms with Gasteiger partial charge in [-0.2, -0.15) is 0 Å². The van der Waals surface area contributed by atoms with Crippen LogP contribution in [0.3, 0.4) is 0 Å². The van der Waals surface area contributed by atoms with Gasteiger partial charge in [-0.05, 0) is 12.1 Å². The molecule has 0 amide bonds. The van der Waals surface area contributed by atoms with Crippen molar-refractivity contribution in [3.8, 4) is 10.6 Å². The number of hydrogen-bond donors (Lipinski definition) is 1. The molecule has 1 N–H and O–H groups in total. The first-order valence-corrected chi connectivity index (χ1v) is 5.83. The van der Waals surface area contributed by atoms with Gasteiger partial charge in [-0.3, -0.25) is 4.79 Å². The molecule has 16 heavy (non-hydrogen) atoms. The minimum Gasteiger partial charge on any atom is -0.481 e. The van der Waals surface area contributed by atoms with Crippen molar-refractivity contribution >= 4 is 28.9 Å². The zero-order valence-corrected chi connectivity index (χ0v) is 9.76. The normalized spacial score (nSPS) is 10.3. The van der Waals surface area contributed by atoms with E-state index < -0.39 is 5.97 Å². The number of thiazole rings is 1. The summed E-state index contributed by atoms with van der Waals surface area (Å²) in [4.78, 5) is 14.8. The zero-order valence-electron chi connectivity index (χ0n) is 8.18. The third-order valence-corrected chi connectivity index (χ3v) is 3.17. The van der Waals surface area contributed by atoms with E-state index in [1.807, 2.05) is 12.1 Å². The molecule has 0 bridgehead atoms. The fraction of sp³-hybridized carbons (Fsp3) is 0.0909. The lowest BCUT2D eigenvalue weighted by Crippen LogP contribution is -1.99. The van der Waals surface area contributed by atoms with E-state index in [0.717, 1.165) is 10.6 Å². The predicted octanol–water partition coefficient (Wildman–Crippen LogP) is 3.09. The molecular weight excluding hydrogens is 248 g/mol. The number of aromatic nitrogens is 1. The Morgan fingerprint density at radius 2 is 2.12 bits per heavy atom. The Morgan fingerprint density at radius 1 is 1.44 bits per heavy atom. The molecule has 0 atom stereocenters. The number of halogens is 1. The molecule has 5 heteroatoms. The molecular formula is C11H8ClNO2S. The SMILES string of the molecule is O=C(O)Cc1cs[14c](-c2ccc(Cl)cc2)n1. The van der Waals surface area contributed by atoms with Crippen LogP contribution < -0.4 is 0 Å². The summed E-state index contributed by atoms with van der Waals surface area (Å²) in [6.45, 7) is 0. The third-order valence-electron chi connectivity index (χ3n) is 1.98. The molecule has 0 radical (unpaired) electrons. The molecule has 2 rings (SSSR count). The van der Waals surface area contributed by atoms with Crippen LogP contribution in [0.15, 0.2) is 29.6 Å². The average Bonchev–Trinajstić information content (AvgIpc) is 2.66. The van der Waals surface area contributed by atoms with E-state index in [1.54, 1.807) is 17.5 Å². The first-order chi connectivity index (χ1) is 7.65. The van der Waals surface area contributed by atoms with Crippen LogP contribution in [0.5, 0.6) is 0 Å². The molecule has 3 nitrogen and oxygen atoms in total. The molecule has 0 saturated carbocycles. The Morgan fingerprint density at radius 3 is 2.75 bits per heavy atom. The van der Waals surface area contributed by atoms with E-state index in [0.29, 0.717) is 10.7 Å². The predicted molar refractivity (Wildman–Crippen MR) is 63.9 cm³/mol. The van der Waals surface area contributed by atoms with Gasteiger partial charge in [-0.25, -0.2) is 4.98 Å². The molecule has 1 aromatic heterocycles. The Bertz CT molecular complexity index is 507. The second-order valence-corrected chi connectivity index (χ2v) is 4.52. The van der Waals surface area contributed by atoms with Crippen LogP contribution in [0.25, 0.3) is 10.6 Å². The fourth-order valence-corrected chi connectivity index (χ4v) is 2.22. The molecule has 0 aliphatic rings. The third kappa shape index (κ3) is 2.59. The Hall–Kier alpha value is -1.39. The van der Waals surface area contributed by atoms with Gasteiger partial charge in [0.2, 0.25) is 0 Å². The molecule has 0 fully saturated rings. The molecule has 0 unspecified atom stereocenters. The van der Waals surface area contributed by atoms with Crippen molar-refractivity contribution in [1.82, 2.24) is 4.98 Å². The molecule has 0 saturated heterocycles. The molecule has 0 spiro atoms. The van der Waals surface area contributed by atoms with E-state index in [4.69, 9.17) is 16.7 Å². The van der Waals surface area contributed by atoms with Crippen molar-refractivity contribution in [3.05, 3.63) is 40.4 Å². The minimum atomic E-state index is -0.868. The highest BCUT2D eigenvalue weighted by atomic mass is 35.5. The number of benzene rings is 1. The van der Waals surface area contributed by atoms with Crippen LogP contribution in [0.4, 0.5) is 0 Å². The number of rotatable bonds is 3. The van der Waals surface area contributed by atoms with E-state index in [2.05, 4.69) is 4.98 Å².